The van der Waals surface area contributed by atoms with Gasteiger partial charge >= 0.3 is 0 Å². The molecule has 2 aliphatic carbocycles. The first kappa shape index (κ1) is 8.22. The van der Waals surface area contributed by atoms with Crippen molar-refractivity contribution >= 4 is 5.78 Å². The first-order valence-corrected chi connectivity index (χ1v) is 5.48. The molecule has 0 aliphatic heterocycles. The maximum Gasteiger partial charge on any atom is 0.163 e. The molecular weight excluding hydrogens is 172 g/mol. The Kier molecular flexibility index (Phi) is 1.73. The maximum absolute atomic E-state index is 11.8. The standard InChI is InChI=1S/C13H14O/c14-13-8-9-4-3-7-10(9)11-5-1-2-6-12(11)13/h1-2,5-6,9-10H,3-4,7-8H2/t9-,10+/m0/s1. The van der Waals surface area contributed by atoms with Gasteiger partial charge in [-0.15, -0.1) is 0 Å². The van der Waals surface area contributed by atoms with Crippen LogP contribution in [-0.4, -0.2) is 5.78 Å². The Morgan fingerprint density at radius 1 is 1.14 bits per heavy atom. The van der Waals surface area contributed by atoms with Crippen molar-refractivity contribution in [1.82, 2.24) is 0 Å². The molecule has 0 heterocycles. The number of fused-ring (bicyclic) bond motifs is 3. The third kappa shape index (κ3) is 1.05. The van der Waals surface area contributed by atoms with Gasteiger partial charge in [-0.1, -0.05) is 30.7 Å². The molecule has 0 N–H and O–H groups in total. The van der Waals surface area contributed by atoms with Crippen LogP contribution < -0.4 is 0 Å². The molecule has 2 atom stereocenters. The summed E-state index contributed by atoms with van der Waals surface area (Å²) < 4.78 is 0. The van der Waals surface area contributed by atoms with Crippen LogP contribution in [0.15, 0.2) is 24.3 Å². The fourth-order valence-electron chi connectivity index (χ4n) is 3.11. The number of carbonyl (C=O) groups excluding carboxylic acids is 1. The highest BCUT2D eigenvalue weighted by atomic mass is 16.1. The summed E-state index contributed by atoms with van der Waals surface area (Å²) in [4.78, 5) is 11.8. The van der Waals surface area contributed by atoms with Crippen LogP contribution in [0, 0.1) is 5.92 Å². The number of hydrogen-bond acceptors (Lipinski definition) is 1. The summed E-state index contributed by atoms with van der Waals surface area (Å²) in [7, 11) is 0. The molecule has 0 aromatic heterocycles. The Hall–Kier alpha value is -1.11. The second-order valence-electron chi connectivity index (χ2n) is 4.51. The monoisotopic (exact) mass is 186 g/mol. The minimum absolute atomic E-state index is 0.365. The van der Waals surface area contributed by atoms with E-state index in [2.05, 4.69) is 12.1 Å². The average Bonchev–Trinajstić information content (AvgIpc) is 2.66. The van der Waals surface area contributed by atoms with Gasteiger partial charge in [0, 0.05) is 12.0 Å². The van der Waals surface area contributed by atoms with Gasteiger partial charge in [0.2, 0.25) is 0 Å². The Morgan fingerprint density at radius 2 is 2.00 bits per heavy atom. The maximum atomic E-state index is 11.8. The molecule has 2 aliphatic rings. The number of ketones is 1. The van der Waals surface area contributed by atoms with Crippen LogP contribution in [0.1, 0.15) is 47.5 Å². The molecule has 0 unspecified atom stereocenters. The molecule has 1 heteroatoms. The molecule has 0 amide bonds. The van der Waals surface area contributed by atoms with E-state index in [9.17, 15) is 4.79 Å². The lowest BCUT2D eigenvalue weighted by molar-refractivity contribution is 0.0943. The van der Waals surface area contributed by atoms with Crippen molar-refractivity contribution in [2.75, 3.05) is 0 Å². The third-order valence-electron chi connectivity index (χ3n) is 3.77. The SMILES string of the molecule is O=C1C[C@@H]2CCC[C@H]2c2ccccc21. The molecule has 14 heavy (non-hydrogen) atoms. The van der Waals surface area contributed by atoms with E-state index in [1.165, 1.54) is 24.8 Å². The number of Topliss-reactive ketones (excluding diaryl/α,β-unsaturated/α-hetero) is 1. The molecule has 0 radical (unpaired) electrons. The Bertz CT molecular complexity index is 381. The summed E-state index contributed by atoms with van der Waals surface area (Å²) in [5.41, 5.74) is 2.32. The van der Waals surface area contributed by atoms with Crippen molar-refractivity contribution in [3.63, 3.8) is 0 Å². The van der Waals surface area contributed by atoms with Crippen LogP contribution in [0.2, 0.25) is 0 Å². The molecular formula is C13H14O. The highest BCUT2D eigenvalue weighted by Gasteiger charge is 2.36. The molecule has 0 bridgehead atoms. The second kappa shape index (κ2) is 2.94. The molecule has 1 aromatic rings. The van der Waals surface area contributed by atoms with Crippen molar-refractivity contribution in [2.45, 2.75) is 31.6 Å². The van der Waals surface area contributed by atoms with Crippen molar-refractivity contribution in [3.05, 3.63) is 35.4 Å². The van der Waals surface area contributed by atoms with Gasteiger partial charge in [0.05, 0.1) is 0 Å². The van der Waals surface area contributed by atoms with Crippen molar-refractivity contribution in [1.29, 1.82) is 0 Å². The quantitative estimate of drug-likeness (QED) is 0.608. The van der Waals surface area contributed by atoms with Gasteiger partial charge in [-0.3, -0.25) is 4.79 Å². The zero-order valence-electron chi connectivity index (χ0n) is 8.20. The van der Waals surface area contributed by atoms with E-state index in [4.69, 9.17) is 0 Å². The summed E-state index contributed by atoms with van der Waals surface area (Å²) in [6.07, 6.45) is 4.64. The third-order valence-corrected chi connectivity index (χ3v) is 3.77. The summed E-state index contributed by atoms with van der Waals surface area (Å²) in [5, 5.41) is 0. The first-order chi connectivity index (χ1) is 6.86. The number of rotatable bonds is 0. The number of hydrogen-bond donors (Lipinski definition) is 0. The van der Waals surface area contributed by atoms with Gasteiger partial charge in [-0.25, -0.2) is 0 Å². The van der Waals surface area contributed by atoms with Gasteiger partial charge < -0.3 is 0 Å². The molecule has 72 valence electrons. The van der Waals surface area contributed by atoms with Crippen LogP contribution in [0.3, 0.4) is 0 Å². The summed E-state index contributed by atoms with van der Waals surface area (Å²) in [6.45, 7) is 0. The lowest BCUT2D eigenvalue weighted by Crippen LogP contribution is -2.21. The number of benzene rings is 1. The number of carbonyl (C=O) groups is 1. The molecule has 0 saturated heterocycles. The Balaban J connectivity index is 2.13. The molecule has 0 spiro atoms. The van der Waals surface area contributed by atoms with Crippen molar-refractivity contribution in [2.24, 2.45) is 5.92 Å². The largest absolute Gasteiger partial charge is 0.294 e. The minimum Gasteiger partial charge on any atom is -0.294 e. The van der Waals surface area contributed by atoms with Crippen molar-refractivity contribution < 1.29 is 4.79 Å². The Morgan fingerprint density at radius 3 is 2.93 bits per heavy atom. The van der Waals surface area contributed by atoms with E-state index in [0.717, 1.165) is 12.0 Å². The highest BCUT2D eigenvalue weighted by molar-refractivity contribution is 5.99. The van der Waals surface area contributed by atoms with E-state index in [1.54, 1.807) is 0 Å². The lowest BCUT2D eigenvalue weighted by atomic mass is 9.76. The fraction of sp³-hybridized carbons (Fsp3) is 0.462. The van der Waals surface area contributed by atoms with Crippen LogP contribution in [0.4, 0.5) is 0 Å². The van der Waals surface area contributed by atoms with Gasteiger partial charge in [-0.05, 0) is 30.2 Å². The van der Waals surface area contributed by atoms with E-state index in [0.29, 0.717) is 17.6 Å². The summed E-state index contributed by atoms with van der Waals surface area (Å²) in [6, 6.07) is 8.18. The van der Waals surface area contributed by atoms with Gasteiger partial charge in [-0.2, -0.15) is 0 Å². The predicted octanol–water partition coefficient (Wildman–Crippen LogP) is 3.16. The average molecular weight is 186 g/mol. The minimum atomic E-state index is 0.365. The van der Waals surface area contributed by atoms with Crippen LogP contribution in [0.5, 0.6) is 0 Å². The fourth-order valence-corrected chi connectivity index (χ4v) is 3.11. The van der Waals surface area contributed by atoms with Crippen LogP contribution in [-0.2, 0) is 0 Å². The Labute approximate surface area is 84.1 Å². The smallest absolute Gasteiger partial charge is 0.163 e. The zero-order chi connectivity index (χ0) is 9.54. The lowest BCUT2D eigenvalue weighted by Gasteiger charge is -2.27. The topological polar surface area (TPSA) is 17.1 Å². The first-order valence-electron chi connectivity index (χ1n) is 5.48. The predicted molar refractivity (Wildman–Crippen MR) is 55.5 cm³/mol. The van der Waals surface area contributed by atoms with E-state index < -0.39 is 0 Å². The normalized spacial score (nSPS) is 29.9. The van der Waals surface area contributed by atoms with Crippen molar-refractivity contribution in [3.8, 4) is 0 Å². The molecule has 1 fully saturated rings. The van der Waals surface area contributed by atoms with E-state index in [1.807, 2.05) is 12.1 Å². The van der Waals surface area contributed by atoms with Gasteiger partial charge in [0.1, 0.15) is 0 Å². The molecule has 1 nitrogen and oxygen atoms in total. The van der Waals surface area contributed by atoms with E-state index >= 15 is 0 Å². The zero-order valence-corrected chi connectivity index (χ0v) is 8.20. The second-order valence-corrected chi connectivity index (χ2v) is 4.51. The van der Waals surface area contributed by atoms with Gasteiger partial charge in [0.15, 0.2) is 5.78 Å². The summed E-state index contributed by atoms with van der Waals surface area (Å²) >= 11 is 0. The molecule has 3 rings (SSSR count). The molecule has 1 saturated carbocycles. The van der Waals surface area contributed by atoms with Crippen LogP contribution >= 0.6 is 0 Å². The molecule has 1 aromatic carbocycles. The summed E-state index contributed by atoms with van der Waals surface area (Å²) in [5.74, 6) is 1.70. The highest BCUT2D eigenvalue weighted by Crippen LogP contribution is 2.46. The van der Waals surface area contributed by atoms with Gasteiger partial charge in [0.25, 0.3) is 0 Å². The van der Waals surface area contributed by atoms with Crippen LogP contribution in [0.25, 0.3) is 0 Å². The van der Waals surface area contributed by atoms with E-state index in [-0.39, 0.29) is 0 Å².